The molecule has 1 aliphatic rings. The van der Waals surface area contributed by atoms with Crippen LogP contribution in [0.1, 0.15) is 37.9 Å². The third-order valence-electron chi connectivity index (χ3n) is 3.07. The second-order valence-electron chi connectivity index (χ2n) is 5.93. The first-order valence-electron chi connectivity index (χ1n) is 6.75. The monoisotopic (exact) mass is 299 g/mol. The van der Waals surface area contributed by atoms with Crippen molar-refractivity contribution in [3.05, 3.63) is 35.4 Å². The molecule has 2 rings (SSSR count). The highest BCUT2D eigenvalue weighted by atomic mass is 19.3. The first-order valence-corrected chi connectivity index (χ1v) is 6.75. The van der Waals surface area contributed by atoms with E-state index < -0.39 is 30.3 Å². The summed E-state index contributed by atoms with van der Waals surface area (Å²) in [5.41, 5.74) is 0.731. The summed E-state index contributed by atoms with van der Waals surface area (Å²) in [6.45, 7) is 5.24. The van der Waals surface area contributed by atoms with E-state index in [1.807, 2.05) is 0 Å². The number of hydrogen-bond acceptors (Lipinski definition) is 3. The minimum absolute atomic E-state index is 0.109. The molecule has 1 heterocycles. The molecule has 0 bridgehead atoms. The van der Waals surface area contributed by atoms with Crippen molar-refractivity contribution in [3.63, 3.8) is 0 Å². The summed E-state index contributed by atoms with van der Waals surface area (Å²) in [5.74, 6) is 0. The molecule has 2 atom stereocenters. The summed E-state index contributed by atoms with van der Waals surface area (Å²) in [6.07, 6.45) is -4.82. The molecule has 0 fully saturated rings. The molecular weight excluding hydrogens is 280 g/mol. The van der Waals surface area contributed by atoms with Crippen LogP contribution in [-0.4, -0.2) is 24.2 Å². The van der Waals surface area contributed by atoms with E-state index in [4.69, 9.17) is 9.47 Å². The number of benzene rings is 1. The Labute approximate surface area is 122 Å². The van der Waals surface area contributed by atoms with Crippen LogP contribution in [0.25, 0.3) is 0 Å². The highest BCUT2D eigenvalue weighted by Crippen LogP contribution is 2.32. The van der Waals surface area contributed by atoms with Crippen molar-refractivity contribution < 1.29 is 23.0 Å². The first-order chi connectivity index (χ1) is 9.78. The van der Waals surface area contributed by atoms with Gasteiger partial charge in [-0.05, 0) is 31.9 Å². The standard InChI is InChI=1S/C15H19F2NO3/c1-15(2,3)21-14(19)18-11-10-7-5-4-6-9(10)8-20-12(11)13(16)17/h4-7,11-13H,8H2,1-3H3,(H,18,19)/t11-,12+/m0/s1. The fourth-order valence-electron chi connectivity index (χ4n) is 2.24. The summed E-state index contributed by atoms with van der Waals surface area (Å²) in [5, 5.41) is 2.50. The Morgan fingerprint density at radius 2 is 2.05 bits per heavy atom. The topological polar surface area (TPSA) is 47.6 Å². The van der Waals surface area contributed by atoms with Gasteiger partial charge >= 0.3 is 6.09 Å². The molecular formula is C15H19F2NO3. The van der Waals surface area contributed by atoms with Gasteiger partial charge in [0.25, 0.3) is 6.43 Å². The lowest BCUT2D eigenvalue weighted by Crippen LogP contribution is -2.45. The summed E-state index contributed by atoms with van der Waals surface area (Å²) < 4.78 is 36.6. The van der Waals surface area contributed by atoms with Crippen LogP contribution in [0.4, 0.5) is 13.6 Å². The number of halogens is 2. The van der Waals surface area contributed by atoms with Crippen LogP contribution >= 0.6 is 0 Å². The van der Waals surface area contributed by atoms with Gasteiger partial charge in [0, 0.05) is 0 Å². The normalized spacial score (nSPS) is 21.8. The van der Waals surface area contributed by atoms with Crippen molar-refractivity contribution in [1.82, 2.24) is 5.32 Å². The van der Waals surface area contributed by atoms with Crippen molar-refractivity contribution in [3.8, 4) is 0 Å². The molecule has 1 aromatic rings. The van der Waals surface area contributed by atoms with Crippen molar-refractivity contribution in [2.75, 3.05) is 0 Å². The van der Waals surface area contributed by atoms with Gasteiger partial charge in [-0.2, -0.15) is 0 Å². The molecule has 0 aromatic heterocycles. The summed E-state index contributed by atoms with van der Waals surface area (Å²) >= 11 is 0. The number of fused-ring (bicyclic) bond motifs is 1. The summed E-state index contributed by atoms with van der Waals surface area (Å²) in [7, 11) is 0. The van der Waals surface area contributed by atoms with Crippen molar-refractivity contribution >= 4 is 6.09 Å². The number of nitrogens with one attached hydrogen (secondary N) is 1. The summed E-state index contributed by atoms with van der Waals surface area (Å²) in [6, 6.07) is 6.13. The van der Waals surface area contributed by atoms with Gasteiger partial charge in [-0.25, -0.2) is 13.6 Å². The Hall–Kier alpha value is -1.69. The van der Waals surface area contributed by atoms with Crippen molar-refractivity contribution in [1.29, 1.82) is 0 Å². The van der Waals surface area contributed by atoms with E-state index in [-0.39, 0.29) is 6.61 Å². The second kappa shape index (κ2) is 5.97. The van der Waals surface area contributed by atoms with Crippen LogP contribution in [0.5, 0.6) is 0 Å². The van der Waals surface area contributed by atoms with Crippen molar-refractivity contribution in [2.45, 2.75) is 51.6 Å². The van der Waals surface area contributed by atoms with Crippen LogP contribution < -0.4 is 5.32 Å². The van der Waals surface area contributed by atoms with Gasteiger partial charge in [-0.1, -0.05) is 24.3 Å². The van der Waals surface area contributed by atoms with Gasteiger partial charge in [0.05, 0.1) is 12.6 Å². The maximum Gasteiger partial charge on any atom is 0.408 e. The molecule has 116 valence electrons. The van der Waals surface area contributed by atoms with Gasteiger partial charge < -0.3 is 14.8 Å². The van der Waals surface area contributed by atoms with E-state index in [1.54, 1.807) is 45.0 Å². The van der Waals surface area contributed by atoms with Crippen LogP contribution in [0.2, 0.25) is 0 Å². The smallest absolute Gasteiger partial charge is 0.408 e. The maximum absolute atomic E-state index is 13.1. The van der Waals surface area contributed by atoms with Gasteiger partial charge in [0.15, 0.2) is 0 Å². The first kappa shape index (κ1) is 15.7. The number of hydrogen-bond donors (Lipinski definition) is 1. The quantitative estimate of drug-likeness (QED) is 0.910. The van der Waals surface area contributed by atoms with E-state index in [0.29, 0.717) is 5.56 Å². The molecule has 0 saturated heterocycles. The molecule has 0 spiro atoms. The van der Waals surface area contributed by atoms with Gasteiger partial charge in [0.1, 0.15) is 11.7 Å². The highest BCUT2D eigenvalue weighted by molar-refractivity contribution is 5.68. The van der Waals surface area contributed by atoms with Gasteiger partial charge in [-0.15, -0.1) is 0 Å². The molecule has 0 aliphatic carbocycles. The lowest BCUT2D eigenvalue weighted by molar-refractivity contribution is -0.0915. The van der Waals surface area contributed by atoms with E-state index in [2.05, 4.69) is 5.32 Å². The third-order valence-corrected chi connectivity index (χ3v) is 3.07. The molecule has 1 aromatic carbocycles. The van der Waals surface area contributed by atoms with Crippen LogP contribution in [0.3, 0.4) is 0 Å². The largest absolute Gasteiger partial charge is 0.444 e. The zero-order valence-corrected chi connectivity index (χ0v) is 12.2. The molecule has 4 nitrogen and oxygen atoms in total. The average molecular weight is 299 g/mol. The Balaban J connectivity index is 2.22. The zero-order valence-electron chi connectivity index (χ0n) is 12.2. The van der Waals surface area contributed by atoms with E-state index in [1.165, 1.54) is 0 Å². The number of alkyl carbamates (subject to hydrolysis) is 1. The van der Waals surface area contributed by atoms with E-state index in [0.717, 1.165) is 5.56 Å². The van der Waals surface area contributed by atoms with Gasteiger partial charge in [-0.3, -0.25) is 0 Å². The van der Waals surface area contributed by atoms with Crippen molar-refractivity contribution in [2.24, 2.45) is 0 Å². The molecule has 21 heavy (non-hydrogen) atoms. The van der Waals surface area contributed by atoms with E-state index >= 15 is 0 Å². The molecule has 0 unspecified atom stereocenters. The number of rotatable bonds is 2. The van der Waals surface area contributed by atoms with Crippen LogP contribution in [0.15, 0.2) is 24.3 Å². The molecule has 1 amide bonds. The van der Waals surface area contributed by atoms with Crippen LogP contribution in [0, 0.1) is 0 Å². The molecule has 0 radical (unpaired) electrons. The van der Waals surface area contributed by atoms with E-state index in [9.17, 15) is 13.6 Å². The average Bonchev–Trinajstić information content (AvgIpc) is 2.36. The summed E-state index contributed by atoms with van der Waals surface area (Å²) in [4.78, 5) is 11.9. The Morgan fingerprint density at radius 1 is 1.38 bits per heavy atom. The third kappa shape index (κ3) is 3.91. The predicted octanol–water partition coefficient (Wildman–Crippen LogP) is 3.42. The second-order valence-corrected chi connectivity index (χ2v) is 5.93. The Kier molecular flexibility index (Phi) is 4.46. The number of carbonyl (C=O) groups excluding carboxylic acids is 1. The maximum atomic E-state index is 13.1. The minimum atomic E-state index is -2.70. The Morgan fingerprint density at radius 3 is 2.67 bits per heavy atom. The minimum Gasteiger partial charge on any atom is -0.444 e. The Bertz CT molecular complexity index is 514. The lowest BCUT2D eigenvalue weighted by Gasteiger charge is -2.34. The highest BCUT2D eigenvalue weighted by Gasteiger charge is 2.38. The molecule has 6 heteroatoms. The predicted molar refractivity (Wildman–Crippen MR) is 73.1 cm³/mol. The zero-order chi connectivity index (χ0) is 15.6. The number of ether oxygens (including phenoxy) is 2. The SMILES string of the molecule is CC(C)(C)OC(=O)N[C@H]1c2ccccc2CO[C@H]1C(F)F. The number of alkyl halides is 2. The van der Waals surface area contributed by atoms with Gasteiger partial charge in [0.2, 0.25) is 0 Å². The van der Waals surface area contributed by atoms with Crippen LogP contribution in [-0.2, 0) is 16.1 Å². The molecule has 1 aliphatic heterocycles. The fraction of sp³-hybridized carbons (Fsp3) is 0.533. The molecule has 0 saturated carbocycles. The number of amides is 1. The number of carbonyl (C=O) groups is 1. The molecule has 1 N–H and O–H groups in total. The fourth-order valence-corrected chi connectivity index (χ4v) is 2.24. The lowest BCUT2D eigenvalue weighted by atomic mass is 9.94.